The van der Waals surface area contributed by atoms with E-state index < -0.39 is 34.7 Å². The maximum absolute atomic E-state index is 13.3. The highest BCUT2D eigenvalue weighted by Crippen LogP contribution is 2.25. The van der Waals surface area contributed by atoms with Crippen LogP contribution in [-0.2, 0) is 9.57 Å². The minimum atomic E-state index is -1.76. The second-order valence-corrected chi connectivity index (χ2v) is 3.15. The molecule has 0 atom stereocenters. The molecule has 0 bridgehead atoms. The summed E-state index contributed by atoms with van der Waals surface area (Å²) < 4.78 is 43.5. The van der Waals surface area contributed by atoms with E-state index >= 15 is 0 Å². The Balaban J connectivity index is 2.80. The number of methoxy groups -OCH3 is 1. The van der Waals surface area contributed by atoms with Gasteiger partial charge in [0.25, 0.3) is 5.91 Å². The van der Waals surface area contributed by atoms with Crippen LogP contribution in [0.3, 0.4) is 0 Å². The van der Waals surface area contributed by atoms with Gasteiger partial charge in [-0.3, -0.25) is 9.63 Å². The Morgan fingerprint density at radius 2 is 2.00 bits per heavy atom. The van der Waals surface area contributed by atoms with Crippen LogP contribution in [-0.4, -0.2) is 31.3 Å². The largest absolute Gasteiger partial charge is 0.503 e. The highest BCUT2D eigenvalue weighted by atomic mass is 19.2. The molecule has 1 rings (SSSR count). The Labute approximate surface area is 100 Å². The zero-order valence-corrected chi connectivity index (χ0v) is 9.30. The molecule has 1 aromatic carbocycles. The highest BCUT2D eigenvalue weighted by molar-refractivity contribution is 5.94. The van der Waals surface area contributed by atoms with Crippen molar-refractivity contribution in [2.75, 3.05) is 20.3 Å². The van der Waals surface area contributed by atoms with E-state index in [1.165, 1.54) is 7.11 Å². The van der Waals surface area contributed by atoms with Crippen LogP contribution in [0.15, 0.2) is 6.07 Å². The Bertz CT molecular complexity index is 453. The summed E-state index contributed by atoms with van der Waals surface area (Å²) in [5.74, 6) is -7.59. The summed E-state index contributed by atoms with van der Waals surface area (Å²) in [5, 5.41) is 8.90. The number of amides is 1. The van der Waals surface area contributed by atoms with Crippen LogP contribution < -0.4 is 5.48 Å². The minimum Gasteiger partial charge on any atom is -0.503 e. The molecule has 0 aromatic heterocycles. The van der Waals surface area contributed by atoms with Gasteiger partial charge in [0.15, 0.2) is 17.4 Å². The van der Waals surface area contributed by atoms with Gasteiger partial charge in [0.2, 0.25) is 5.82 Å². The fourth-order valence-corrected chi connectivity index (χ4v) is 1.05. The molecule has 0 aliphatic carbocycles. The molecule has 0 aliphatic rings. The van der Waals surface area contributed by atoms with E-state index in [1.54, 1.807) is 5.48 Å². The van der Waals surface area contributed by atoms with E-state index in [2.05, 4.69) is 9.57 Å². The number of aromatic hydroxyl groups is 1. The summed E-state index contributed by atoms with van der Waals surface area (Å²) in [5.41, 5.74) is 0.918. The van der Waals surface area contributed by atoms with E-state index in [9.17, 15) is 18.0 Å². The molecule has 5 nitrogen and oxygen atoms in total. The van der Waals surface area contributed by atoms with E-state index in [0.29, 0.717) is 6.07 Å². The molecule has 0 saturated carbocycles. The SMILES string of the molecule is COCCONC(=O)c1cc(F)c(F)c(O)c1F. The summed E-state index contributed by atoms with van der Waals surface area (Å²) >= 11 is 0. The average Bonchev–Trinajstić information content (AvgIpc) is 2.36. The normalized spacial score (nSPS) is 10.4. The van der Waals surface area contributed by atoms with Crippen molar-refractivity contribution in [2.24, 2.45) is 0 Å². The van der Waals surface area contributed by atoms with Gasteiger partial charge in [0.05, 0.1) is 18.8 Å². The van der Waals surface area contributed by atoms with Gasteiger partial charge in [0, 0.05) is 7.11 Å². The molecule has 0 unspecified atom stereocenters. The molecule has 0 radical (unpaired) electrons. The van der Waals surface area contributed by atoms with Crippen LogP contribution in [0.1, 0.15) is 10.4 Å². The van der Waals surface area contributed by atoms with Crippen molar-refractivity contribution in [2.45, 2.75) is 0 Å². The van der Waals surface area contributed by atoms with Gasteiger partial charge < -0.3 is 9.84 Å². The molecule has 0 aliphatic heterocycles. The second kappa shape index (κ2) is 6.22. The first-order chi connectivity index (χ1) is 8.49. The maximum atomic E-state index is 13.3. The smallest absolute Gasteiger partial charge is 0.278 e. The van der Waals surface area contributed by atoms with Crippen molar-refractivity contribution < 1.29 is 32.6 Å². The maximum Gasteiger partial charge on any atom is 0.278 e. The lowest BCUT2D eigenvalue weighted by atomic mass is 10.1. The lowest BCUT2D eigenvalue weighted by molar-refractivity contribution is 0.00858. The predicted octanol–water partition coefficient (Wildman–Crippen LogP) is 1.12. The van der Waals surface area contributed by atoms with Crippen LogP contribution in [0.5, 0.6) is 5.75 Å². The number of benzene rings is 1. The number of phenolic OH excluding ortho intramolecular Hbond substituents is 1. The van der Waals surface area contributed by atoms with Gasteiger partial charge in [-0.25, -0.2) is 14.3 Å². The number of ether oxygens (including phenoxy) is 1. The summed E-state index contributed by atoms with van der Waals surface area (Å²) in [6.07, 6.45) is 0. The van der Waals surface area contributed by atoms with Gasteiger partial charge in [-0.15, -0.1) is 0 Å². The van der Waals surface area contributed by atoms with Crippen molar-refractivity contribution >= 4 is 5.91 Å². The van der Waals surface area contributed by atoms with Crippen LogP contribution in [0.4, 0.5) is 13.2 Å². The lowest BCUT2D eigenvalue weighted by Gasteiger charge is -2.08. The molecule has 0 fully saturated rings. The predicted molar refractivity (Wildman–Crippen MR) is 53.3 cm³/mol. The molecular weight excluding hydrogens is 255 g/mol. The van der Waals surface area contributed by atoms with Crippen LogP contribution >= 0.6 is 0 Å². The first-order valence-electron chi connectivity index (χ1n) is 4.76. The number of hydrogen-bond acceptors (Lipinski definition) is 4. The Kier molecular flexibility index (Phi) is 4.93. The molecule has 1 amide bonds. The number of halogens is 3. The third-order valence-electron chi connectivity index (χ3n) is 1.93. The van der Waals surface area contributed by atoms with Gasteiger partial charge in [0.1, 0.15) is 0 Å². The molecule has 0 saturated heterocycles. The van der Waals surface area contributed by atoms with Gasteiger partial charge in [-0.05, 0) is 6.07 Å². The molecule has 100 valence electrons. The monoisotopic (exact) mass is 265 g/mol. The van der Waals surface area contributed by atoms with E-state index in [0.717, 1.165) is 0 Å². The topological polar surface area (TPSA) is 67.8 Å². The fraction of sp³-hybridized carbons (Fsp3) is 0.300. The number of rotatable bonds is 5. The summed E-state index contributed by atoms with van der Waals surface area (Å²) in [7, 11) is 1.40. The van der Waals surface area contributed by atoms with Gasteiger partial charge in [-0.2, -0.15) is 4.39 Å². The minimum absolute atomic E-state index is 0.0144. The van der Waals surface area contributed by atoms with Crippen LogP contribution in [0, 0.1) is 17.5 Å². The standard InChI is InChI=1S/C10H10F3NO4/c1-17-2-3-18-14-10(16)5-4-6(11)8(13)9(15)7(5)12/h4,15H,2-3H2,1H3,(H,14,16). The van der Waals surface area contributed by atoms with Gasteiger partial charge >= 0.3 is 0 Å². The van der Waals surface area contributed by atoms with Gasteiger partial charge in [-0.1, -0.05) is 0 Å². The number of carbonyl (C=O) groups excluding carboxylic acids is 1. The fourth-order valence-electron chi connectivity index (χ4n) is 1.05. The first-order valence-corrected chi connectivity index (χ1v) is 4.76. The molecule has 0 heterocycles. The van der Waals surface area contributed by atoms with E-state index in [4.69, 9.17) is 5.11 Å². The van der Waals surface area contributed by atoms with Crippen LogP contribution in [0.2, 0.25) is 0 Å². The van der Waals surface area contributed by atoms with Crippen molar-refractivity contribution in [3.8, 4) is 5.75 Å². The second-order valence-electron chi connectivity index (χ2n) is 3.15. The van der Waals surface area contributed by atoms with Crippen molar-refractivity contribution in [1.82, 2.24) is 5.48 Å². The van der Waals surface area contributed by atoms with E-state index in [1.807, 2.05) is 0 Å². The number of phenols is 1. The molecule has 8 heteroatoms. The lowest BCUT2D eigenvalue weighted by Crippen LogP contribution is -2.26. The average molecular weight is 265 g/mol. The van der Waals surface area contributed by atoms with Crippen molar-refractivity contribution in [3.63, 3.8) is 0 Å². The Morgan fingerprint density at radius 1 is 1.33 bits per heavy atom. The summed E-state index contributed by atoms with van der Waals surface area (Å²) in [6, 6.07) is 0.319. The summed E-state index contributed by atoms with van der Waals surface area (Å²) in [6.45, 7) is 0.158. The highest BCUT2D eigenvalue weighted by Gasteiger charge is 2.22. The first kappa shape index (κ1) is 14.3. The zero-order chi connectivity index (χ0) is 13.7. The molecular formula is C10H10F3NO4. The Morgan fingerprint density at radius 3 is 2.61 bits per heavy atom. The molecule has 18 heavy (non-hydrogen) atoms. The number of hydroxylamine groups is 1. The molecule has 1 aromatic rings. The number of hydrogen-bond donors (Lipinski definition) is 2. The third kappa shape index (κ3) is 3.11. The van der Waals surface area contributed by atoms with E-state index in [-0.39, 0.29) is 13.2 Å². The quantitative estimate of drug-likeness (QED) is 0.475. The molecule has 0 spiro atoms. The van der Waals surface area contributed by atoms with Crippen molar-refractivity contribution in [1.29, 1.82) is 0 Å². The zero-order valence-electron chi connectivity index (χ0n) is 9.30. The number of nitrogens with one attached hydrogen (secondary N) is 1. The van der Waals surface area contributed by atoms with Crippen molar-refractivity contribution in [3.05, 3.63) is 29.1 Å². The summed E-state index contributed by atoms with van der Waals surface area (Å²) in [4.78, 5) is 15.9. The number of carbonyl (C=O) groups is 1. The molecule has 2 N–H and O–H groups in total. The third-order valence-corrected chi connectivity index (χ3v) is 1.93. The Hall–Kier alpha value is -1.80. The van der Waals surface area contributed by atoms with Crippen LogP contribution in [0.25, 0.3) is 0 Å².